The highest BCUT2D eigenvalue weighted by molar-refractivity contribution is 6.29. The highest BCUT2D eigenvalue weighted by atomic mass is 35.5. The first-order valence-electron chi connectivity index (χ1n) is 6.07. The van der Waals surface area contributed by atoms with Crippen molar-refractivity contribution in [2.24, 2.45) is 5.92 Å². The van der Waals surface area contributed by atoms with Crippen molar-refractivity contribution in [3.05, 3.63) is 28.5 Å². The fourth-order valence-electron chi connectivity index (χ4n) is 1.84. The summed E-state index contributed by atoms with van der Waals surface area (Å²) in [4.78, 5) is 16.2. The molecule has 2 unspecified atom stereocenters. The lowest BCUT2D eigenvalue weighted by Crippen LogP contribution is -2.26. The summed E-state index contributed by atoms with van der Waals surface area (Å²) in [5, 5.41) is 3.38. The van der Waals surface area contributed by atoms with Gasteiger partial charge < -0.3 is 5.32 Å². The van der Waals surface area contributed by atoms with Crippen molar-refractivity contribution >= 4 is 17.5 Å². The maximum absolute atomic E-state index is 12.0. The lowest BCUT2D eigenvalue weighted by Gasteiger charge is -2.06. The smallest absolute Gasteiger partial charge is 0.251 e. The third kappa shape index (κ3) is 3.19. The van der Waals surface area contributed by atoms with E-state index in [9.17, 15) is 4.79 Å². The van der Waals surface area contributed by atoms with Crippen molar-refractivity contribution in [3.8, 4) is 0 Å². The van der Waals surface area contributed by atoms with Crippen LogP contribution in [0.5, 0.6) is 0 Å². The second kappa shape index (κ2) is 5.05. The van der Waals surface area contributed by atoms with Crippen LogP contribution >= 0.6 is 11.6 Å². The Kier molecular flexibility index (Phi) is 3.67. The molecule has 0 saturated heterocycles. The van der Waals surface area contributed by atoms with Gasteiger partial charge in [-0.3, -0.25) is 4.79 Å². The molecule has 1 N–H and O–H groups in total. The molecular weight excluding hydrogens is 236 g/mol. The van der Waals surface area contributed by atoms with E-state index in [1.165, 1.54) is 0 Å². The molecule has 0 radical (unpaired) electrons. The van der Waals surface area contributed by atoms with Crippen molar-refractivity contribution in [1.29, 1.82) is 0 Å². The normalized spacial score (nSPS) is 22.3. The molecule has 1 aromatic heterocycles. The SMILES string of the molecule is CCCc1cc(C(=O)NC2CC2C)cc(Cl)n1. The first-order chi connectivity index (χ1) is 8.10. The summed E-state index contributed by atoms with van der Waals surface area (Å²) in [5.74, 6) is 0.562. The van der Waals surface area contributed by atoms with Gasteiger partial charge >= 0.3 is 0 Å². The monoisotopic (exact) mass is 252 g/mol. The second-order valence-electron chi connectivity index (χ2n) is 4.71. The Morgan fingerprint density at radius 2 is 2.29 bits per heavy atom. The standard InChI is InChI=1S/C13H17ClN2O/c1-3-4-10-6-9(7-12(14)15-10)13(17)16-11-5-8(11)2/h6-8,11H,3-5H2,1-2H3,(H,16,17). The Bertz CT molecular complexity index is 433. The number of carbonyl (C=O) groups is 1. The Morgan fingerprint density at radius 3 is 2.88 bits per heavy atom. The predicted octanol–water partition coefficient (Wildman–Crippen LogP) is 2.83. The summed E-state index contributed by atoms with van der Waals surface area (Å²) in [6.45, 7) is 4.21. The molecule has 0 aliphatic heterocycles. The minimum Gasteiger partial charge on any atom is -0.349 e. The van der Waals surface area contributed by atoms with E-state index in [2.05, 4.69) is 24.1 Å². The van der Waals surface area contributed by atoms with Crippen molar-refractivity contribution in [2.45, 2.75) is 39.2 Å². The highest BCUT2D eigenvalue weighted by Gasteiger charge is 2.34. The van der Waals surface area contributed by atoms with E-state index in [-0.39, 0.29) is 5.91 Å². The van der Waals surface area contributed by atoms with Gasteiger partial charge in [-0.25, -0.2) is 4.98 Å². The summed E-state index contributed by atoms with van der Waals surface area (Å²) in [5.41, 5.74) is 1.50. The first-order valence-corrected chi connectivity index (χ1v) is 6.45. The van der Waals surface area contributed by atoms with Gasteiger partial charge in [0.15, 0.2) is 0 Å². The number of hydrogen-bond donors (Lipinski definition) is 1. The van der Waals surface area contributed by atoms with Crippen LogP contribution in [0.2, 0.25) is 5.15 Å². The molecule has 2 atom stereocenters. The number of rotatable bonds is 4. The zero-order chi connectivity index (χ0) is 12.4. The number of aryl methyl sites for hydroxylation is 1. The summed E-state index contributed by atoms with van der Waals surface area (Å²) in [6, 6.07) is 3.80. The van der Waals surface area contributed by atoms with E-state index >= 15 is 0 Å². The van der Waals surface area contributed by atoms with Crippen molar-refractivity contribution < 1.29 is 4.79 Å². The number of hydrogen-bond acceptors (Lipinski definition) is 2. The average Bonchev–Trinajstić information content (AvgIpc) is 2.93. The van der Waals surface area contributed by atoms with E-state index in [0.717, 1.165) is 25.0 Å². The van der Waals surface area contributed by atoms with E-state index in [1.54, 1.807) is 6.07 Å². The molecule has 1 heterocycles. The molecule has 3 nitrogen and oxygen atoms in total. The Balaban J connectivity index is 2.10. The van der Waals surface area contributed by atoms with Crippen LogP contribution in [0.3, 0.4) is 0 Å². The Morgan fingerprint density at radius 1 is 1.59 bits per heavy atom. The van der Waals surface area contributed by atoms with E-state index in [4.69, 9.17) is 11.6 Å². The van der Waals surface area contributed by atoms with Crippen molar-refractivity contribution in [2.75, 3.05) is 0 Å². The van der Waals surface area contributed by atoms with Gasteiger partial charge in [0.25, 0.3) is 5.91 Å². The minimum absolute atomic E-state index is 0.0407. The topological polar surface area (TPSA) is 42.0 Å². The molecule has 0 spiro atoms. The summed E-state index contributed by atoms with van der Waals surface area (Å²) in [7, 11) is 0. The van der Waals surface area contributed by atoms with Crippen LogP contribution in [0.4, 0.5) is 0 Å². The van der Waals surface area contributed by atoms with Gasteiger partial charge in [0, 0.05) is 17.3 Å². The van der Waals surface area contributed by atoms with Gasteiger partial charge in [-0.1, -0.05) is 31.9 Å². The van der Waals surface area contributed by atoms with Gasteiger partial charge in [0.05, 0.1) is 0 Å². The molecule has 0 bridgehead atoms. The van der Waals surface area contributed by atoms with Crippen LogP contribution in [0.15, 0.2) is 12.1 Å². The number of nitrogens with zero attached hydrogens (tertiary/aromatic N) is 1. The Labute approximate surface area is 107 Å². The van der Waals surface area contributed by atoms with Gasteiger partial charge in [0.1, 0.15) is 5.15 Å². The third-order valence-corrected chi connectivity index (χ3v) is 3.24. The lowest BCUT2D eigenvalue weighted by atomic mass is 10.1. The molecule has 1 amide bonds. The second-order valence-corrected chi connectivity index (χ2v) is 5.10. The highest BCUT2D eigenvalue weighted by Crippen LogP contribution is 2.29. The minimum atomic E-state index is -0.0407. The summed E-state index contributed by atoms with van der Waals surface area (Å²) >= 11 is 5.92. The van der Waals surface area contributed by atoms with Gasteiger partial charge in [0.2, 0.25) is 0 Å². The van der Waals surface area contributed by atoms with Crippen LogP contribution in [-0.4, -0.2) is 16.9 Å². The van der Waals surface area contributed by atoms with Crippen LogP contribution in [0.1, 0.15) is 42.7 Å². The number of aromatic nitrogens is 1. The number of pyridine rings is 1. The summed E-state index contributed by atoms with van der Waals surface area (Å²) in [6.07, 6.45) is 2.92. The van der Waals surface area contributed by atoms with Gasteiger partial charge in [-0.05, 0) is 30.9 Å². The van der Waals surface area contributed by atoms with Crippen molar-refractivity contribution in [1.82, 2.24) is 10.3 Å². The van der Waals surface area contributed by atoms with Gasteiger partial charge in [-0.2, -0.15) is 0 Å². The predicted molar refractivity (Wildman–Crippen MR) is 68.3 cm³/mol. The molecule has 1 fully saturated rings. The largest absolute Gasteiger partial charge is 0.349 e. The quantitative estimate of drug-likeness (QED) is 0.838. The maximum atomic E-state index is 12.0. The van der Waals surface area contributed by atoms with Crippen LogP contribution in [0, 0.1) is 5.92 Å². The number of nitrogens with one attached hydrogen (secondary N) is 1. The molecule has 2 rings (SSSR count). The van der Waals surface area contributed by atoms with Gasteiger partial charge in [-0.15, -0.1) is 0 Å². The van der Waals surface area contributed by atoms with E-state index < -0.39 is 0 Å². The van der Waals surface area contributed by atoms with E-state index in [1.807, 2.05) is 6.07 Å². The molecule has 92 valence electrons. The molecular formula is C13H17ClN2O. The lowest BCUT2D eigenvalue weighted by molar-refractivity contribution is 0.0949. The zero-order valence-corrected chi connectivity index (χ0v) is 10.9. The molecule has 1 saturated carbocycles. The molecule has 0 aromatic carbocycles. The number of amides is 1. The molecule has 4 heteroatoms. The third-order valence-electron chi connectivity index (χ3n) is 3.04. The number of carbonyl (C=O) groups excluding carboxylic acids is 1. The molecule has 1 aromatic rings. The average molecular weight is 253 g/mol. The van der Waals surface area contributed by atoms with Crippen LogP contribution in [0.25, 0.3) is 0 Å². The zero-order valence-electron chi connectivity index (χ0n) is 10.2. The molecule has 1 aliphatic rings. The van der Waals surface area contributed by atoms with Crippen molar-refractivity contribution in [3.63, 3.8) is 0 Å². The van der Waals surface area contributed by atoms with Crippen LogP contribution < -0.4 is 5.32 Å². The maximum Gasteiger partial charge on any atom is 0.251 e. The van der Waals surface area contributed by atoms with E-state index in [0.29, 0.717) is 22.7 Å². The Hall–Kier alpha value is -1.09. The fraction of sp³-hybridized carbons (Fsp3) is 0.538. The van der Waals surface area contributed by atoms with Crippen LogP contribution in [-0.2, 0) is 6.42 Å². The first kappa shape index (κ1) is 12.4. The number of halogens is 1. The fourth-order valence-corrected chi connectivity index (χ4v) is 2.07. The molecule has 1 aliphatic carbocycles. The molecule has 17 heavy (non-hydrogen) atoms. The summed E-state index contributed by atoms with van der Waals surface area (Å²) < 4.78 is 0.